The number of amides is 1. The maximum atomic E-state index is 10.8. The number of carbonyl (C=O) groups is 2. The topological polar surface area (TPSA) is 55.4 Å². The largest absolute Gasteiger partial charge is 0.469 e. The molecule has 0 heterocycles. The van der Waals surface area contributed by atoms with Gasteiger partial charge in [-0.3, -0.25) is 9.59 Å². The molecule has 11 heavy (non-hydrogen) atoms. The first-order valence-electron chi connectivity index (χ1n) is 3.08. The molecule has 0 aromatic rings. The van der Waals surface area contributed by atoms with E-state index in [4.69, 9.17) is 0 Å². The minimum absolute atomic E-state index is 0.000710. The van der Waals surface area contributed by atoms with Crippen molar-refractivity contribution in [3.63, 3.8) is 0 Å². The Balaban J connectivity index is 3.77. The quantitative estimate of drug-likeness (QED) is 0.455. The average molecular weight is 177 g/mol. The molecule has 0 aromatic heterocycles. The van der Waals surface area contributed by atoms with Crippen LogP contribution >= 0.6 is 12.6 Å². The molecule has 0 bridgehead atoms. The summed E-state index contributed by atoms with van der Waals surface area (Å²) in [6.45, 7) is 0. The highest BCUT2D eigenvalue weighted by Gasteiger charge is 2.16. The summed E-state index contributed by atoms with van der Waals surface area (Å²) >= 11 is 3.89. The Kier molecular flexibility index (Phi) is 4.69. The van der Waals surface area contributed by atoms with Crippen molar-refractivity contribution in [3.05, 3.63) is 0 Å². The van der Waals surface area contributed by atoms with E-state index in [9.17, 15) is 9.59 Å². The molecule has 5 heteroatoms. The molecule has 0 aliphatic rings. The molecular formula is C6H11NO3S. The van der Waals surface area contributed by atoms with Crippen molar-refractivity contribution in [2.75, 3.05) is 14.2 Å². The first-order valence-corrected chi connectivity index (χ1v) is 3.60. The second-order valence-electron chi connectivity index (χ2n) is 1.91. The Labute approximate surface area is 70.7 Å². The Hall–Kier alpha value is -0.710. The predicted octanol–water partition coefficient (Wildman–Crippen LogP) is -0.406. The fourth-order valence-corrected chi connectivity index (χ4v) is 0.779. The lowest BCUT2D eigenvalue weighted by atomic mass is 10.3. The monoisotopic (exact) mass is 177 g/mol. The summed E-state index contributed by atoms with van der Waals surface area (Å²) in [5.41, 5.74) is 0. The molecule has 0 fully saturated rings. The van der Waals surface area contributed by atoms with E-state index < -0.39 is 11.2 Å². The smallest absolute Gasteiger partial charge is 0.307 e. The first-order chi connectivity index (χ1) is 5.11. The van der Waals surface area contributed by atoms with Gasteiger partial charge in [-0.15, -0.1) is 0 Å². The number of hydrogen-bond donors (Lipinski definition) is 2. The third kappa shape index (κ3) is 3.87. The number of rotatable bonds is 3. The fraction of sp³-hybridized carbons (Fsp3) is 0.667. The summed E-state index contributed by atoms with van der Waals surface area (Å²) in [5, 5.41) is 1.75. The first kappa shape index (κ1) is 10.3. The molecule has 0 aliphatic heterocycles. The minimum Gasteiger partial charge on any atom is -0.469 e. The van der Waals surface area contributed by atoms with Gasteiger partial charge < -0.3 is 10.1 Å². The van der Waals surface area contributed by atoms with Crippen molar-refractivity contribution in [2.45, 2.75) is 11.7 Å². The zero-order valence-corrected chi connectivity index (χ0v) is 7.35. The second-order valence-corrected chi connectivity index (χ2v) is 2.53. The summed E-state index contributed by atoms with van der Waals surface area (Å²) in [6.07, 6.45) is -0.000710. The van der Waals surface area contributed by atoms with E-state index in [1.807, 2.05) is 0 Å². The number of nitrogens with one attached hydrogen (secondary N) is 1. The number of methoxy groups -OCH3 is 1. The highest BCUT2D eigenvalue weighted by atomic mass is 32.1. The summed E-state index contributed by atoms with van der Waals surface area (Å²) in [7, 11) is 2.76. The lowest BCUT2D eigenvalue weighted by molar-refractivity contribution is -0.141. The van der Waals surface area contributed by atoms with E-state index in [1.54, 1.807) is 0 Å². The Morgan fingerprint density at radius 1 is 1.64 bits per heavy atom. The molecule has 64 valence electrons. The molecule has 0 aliphatic carbocycles. The molecule has 0 aromatic carbocycles. The summed E-state index contributed by atoms with van der Waals surface area (Å²) in [4.78, 5) is 21.4. The van der Waals surface area contributed by atoms with E-state index in [2.05, 4.69) is 22.7 Å². The molecule has 1 amide bonds. The lowest BCUT2D eigenvalue weighted by Gasteiger charge is -2.06. The van der Waals surface area contributed by atoms with Crippen molar-refractivity contribution in [3.8, 4) is 0 Å². The summed E-state index contributed by atoms with van der Waals surface area (Å²) in [5.74, 6) is -0.715. The van der Waals surface area contributed by atoms with Gasteiger partial charge in [0.25, 0.3) is 0 Å². The maximum absolute atomic E-state index is 10.8. The Bertz CT molecular complexity index is 160. The van der Waals surface area contributed by atoms with Crippen molar-refractivity contribution in [2.24, 2.45) is 0 Å². The van der Waals surface area contributed by atoms with Gasteiger partial charge in [0.15, 0.2) is 0 Å². The molecule has 4 nitrogen and oxygen atoms in total. The number of esters is 1. The highest BCUT2D eigenvalue weighted by molar-refractivity contribution is 7.81. The van der Waals surface area contributed by atoms with Crippen LogP contribution in [0.2, 0.25) is 0 Å². The van der Waals surface area contributed by atoms with Crippen LogP contribution in [0.25, 0.3) is 0 Å². The Morgan fingerprint density at radius 3 is 2.55 bits per heavy atom. The number of ether oxygens (including phenoxy) is 1. The van der Waals surface area contributed by atoms with Gasteiger partial charge in [-0.05, 0) is 0 Å². The molecule has 1 N–H and O–H groups in total. The standard InChI is InChI=1S/C6H11NO3S/c1-7-6(9)4(11)3-5(8)10-2/h4,11H,3H2,1-2H3,(H,7,9). The molecule has 0 saturated heterocycles. The van der Waals surface area contributed by atoms with Crippen LogP contribution in [0, 0.1) is 0 Å². The van der Waals surface area contributed by atoms with E-state index in [1.165, 1.54) is 14.2 Å². The predicted molar refractivity (Wildman–Crippen MR) is 43.5 cm³/mol. The van der Waals surface area contributed by atoms with Crippen LogP contribution in [0.4, 0.5) is 0 Å². The second kappa shape index (κ2) is 5.01. The molecule has 1 atom stereocenters. The number of hydrogen-bond acceptors (Lipinski definition) is 4. The van der Waals surface area contributed by atoms with Crippen molar-refractivity contribution in [1.82, 2.24) is 5.32 Å². The molecule has 0 radical (unpaired) electrons. The van der Waals surface area contributed by atoms with Gasteiger partial charge in [0.05, 0.1) is 18.8 Å². The molecule has 0 rings (SSSR count). The van der Waals surface area contributed by atoms with Crippen LogP contribution in [-0.2, 0) is 14.3 Å². The molecular weight excluding hydrogens is 166 g/mol. The molecule has 1 unspecified atom stereocenters. The number of carbonyl (C=O) groups excluding carboxylic acids is 2. The van der Waals surface area contributed by atoms with Gasteiger partial charge in [-0.2, -0.15) is 12.6 Å². The van der Waals surface area contributed by atoms with Gasteiger partial charge in [0.1, 0.15) is 0 Å². The molecule has 0 saturated carbocycles. The van der Waals surface area contributed by atoms with Crippen LogP contribution in [0.5, 0.6) is 0 Å². The lowest BCUT2D eigenvalue weighted by Crippen LogP contribution is -2.30. The SMILES string of the molecule is CNC(=O)C(S)CC(=O)OC. The van der Waals surface area contributed by atoms with E-state index >= 15 is 0 Å². The van der Waals surface area contributed by atoms with Crippen molar-refractivity contribution < 1.29 is 14.3 Å². The number of thiol groups is 1. The Morgan fingerprint density at radius 2 is 2.18 bits per heavy atom. The van der Waals surface area contributed by atoms with Gasteiger partial charge in [-0.1, -0.05) is 0 Å². The minimum atomic E-state index is -0.618. The fourth-order valence-electron chi connectivity index (χ4n) is 0.501. The van der Waals surface area contributed by atoms with E-state index in [0.717, 1.165) is 0 Å². The van der Waals surface area contributed by atoms with Crippen LogP contribution in [0.3, 0.4) is 0 Å². The van der Waals surface area contributed by atoms with Gasteiger partial charge in [-0.25, -0.2) is 0 Å². The van der Waals surface area contributed by atoms with Gasteiger partial charge in [0.2, 0.25) is 5.91 Å². The normalized spacial score (nSPS) is 11.9. The van der Waals surface area contributed by atoms with Crippen LogP contribution in [-0.4, -0.2) is 31.3 Å². The average Bonchev–Trinajstić information content (AvgIpc) is 2.02. The zero-order valence-electron chi connectivity index (χ0n) is 6.46. The van der Waals surface area contributed by atoms with Crippen LogP contribution in [0.1, 0.15) is 6.42 Å². The summed E-state index contributed by atoms with van der Waals surface area (Å²) in [6, 6.07) is 0. The van der Waals surface area contributed by atoms with E-state index in [-0.39, 0.29) is 12.3 Å². The zero-order chi connectivity index (χ0) is 8.85. The van der Waals surface area contributed by atoms with Gasteiger partial charge >= 0.3 is 5.97 Å². The molecule has 0 spiro atoms. The van der Waals surface area contributed by atoms with Gasteiger partial charge in [0, 0.05) is 7.05 Å². The third-order valence-corrected chi connectivity index (χ3v) is 1.55. The van der Waals surface area contributed by atoms with Crippen molar-refractivity contribution >= 4 is 24.5 Å². The van der Waals surface area contributed by atoms with Crippen molar-refractivity contribution in [1.29, 1.82) is 0 Å². The third-order valence-electron chi connectivity index (χ3n) is 1.14. The summed E-state index contributed by atoms with van der Waals surface area (Å²) < 4.78 is 4.35. The highest BCUT2D eigenvalue weighted by Crippen LogP contribution is 2.01. The van der Waals surface area contributed by atoms with Crippen LogP contribution < -0.4 is 5.32 Å². The maximum Gasteiger partial charge on any atom is 0.307 e. The van der Waals surface area contributed by atoms with Crippen LogP contribution in [0.15, 0.2) is 0 Å². The van der Waals surface area contributed by atoms with E-state index in [0.29, 0.717) is 0 Å².